The molecule has 1 saturated heterocycles. The van der Waals surface area contributed by atoms with Gasteiger partial charge in [0, 0.05) is 19.5 Å². The summed E-state index contributed by atoms with van der Waals surface area (Å²) in [5.74, 6) is 1.26. The summed E-state index contributed by atoms with van der Waals surface area (Å²) >= 11 is 0. The Hall–Kier alpha value is -2.24. The van der Waals surface area contributed by atoms with Gasteiger partial charge < -0.3 is 19.1 Å². The van der Waals surface area contributed by atoms with Crippen LogP contribution in [0.3, 0.4) is 0 Å². The van der Waals surface area contributed by atoms with Gasteiger partial charge in [-0.2, -0.15) is 0 Å². The van der Waals surface area contributed by atoms with Gasteiger partial charge in [0.25, 0.3) is 0 Å². The number of carbonyl (C=O) groups is 2. The van der Waals surface area contributed by atoms with Crippen LogP contribution in [0.4, 0.5) is 0 Å². The van der Waals surface area contributed by atoms with Crippen LogP contribution in [0.5, 0.6) is 11.5 Å². The minimum Gasteiger partial charge on any atom is -0.493 e. The first-order valence-electron chi connectivity index (χ1n) is 8.74. The second kappa shape index (κ2) is 9.30. The second-order valence-electron chi connectivity index (χ2n) is 6.10. The first kappa shape index (κ1) is 19.1. The molecule has 1 aromatic rings. The Morgan fingerprint density at radius 1 is 1.12 bits per heavy atom. The fourth-order valence-electron chi connectivity index (χ4n) is 3.07. The lowest BCUT2D eigenvalue weighted by Crippen LogP contribution is -2.40. The molecule has 1 aliphatic rings. The Balaban J connectivity index is 1.82. The highest BCUT2D eigenvalue weighted by atomic mass is 16.5. The Bertz CT molecular complexity index is 593. The van der Waals surface area contributed by atoms with E-state index in [0.29, 0.717) is 56.9 Å². The fraction of sp³-hybridized carbons (Fsp3) is 0.579. The van der Waals surface area contributed by atoms with E-state index in [0.717, 1.165) is 5.56 Å². The number of esters is 1. The van der Waals surface area contributed by atoms with Crippen LogP contribution in [0.15, 0.2) is 18.2 Å². The smallest absolute Gasteiger partial charge is 0.309 e. The van der Waals surface area contributed by atoms with Gasteiger partial charge in [-0.05, 0) is 43.9 Å². The third-order valence-corrected chi connectivity index (χ3v) is 4.54. The number of hydrogen-bond donors (Lipinski definition) is 0. The predicted octanol–water partition coefficient (Wildman–Crippen LogP) is 2.44. The molecule has 1 amide bonds. The van der Waals surface area contributed by atoms with Crippen molar-refractivity contribution in [2.24, 2.45) is 5.92 Å². The average molecular weight is 349 g/mol. The summed E-state index contributed by atoms with van der Waals surface area (Å²) in [4.78, 5) is 26.0. The molecule has 0 atom stereocenters. The van der Waals surface area contributed by atoms with Gasteiger partial charge in [-0.25, -0.2) is 0 Å². The average Bonchev–Trinajstić information content (AvgIpc) is 2.66. The molecular formula is C19H27NO5. The Morgan fingerprint density at radius 3 is 2.40 bits per heavy atom. The molecule has 0 aliphatic carbocycles. The van der Waals surface area contributed by atoms with E-state index in [9.17, 15) is 9.59 Å². The van der Waals surface area contributed by atoms with Crippen molar-refractivity contribution < 1.29 is 23.8 Å². The number of ether oxygens (including phenoxy) is 3. The number of nitrogens with zero attached hydrogens (tertiary/aromatic N) is 1. The second-order valence-corrected chi connectivity index (χ2v) is 6.10. The number of piperidine rings is 1. The third kappa shape index (κ3) is 5.11. The SMILES string of the molecule is CCOC(=O)C1CCN(C(=O)CCc2ccc(OC)c(OC)c2)CC1. The molecule has 0 saturated carbocycles. The zero-order valence-electron chi connectivity index (χ0n) is 15.2. The van der Waals surface area contributed by atoms with Crippen molar-refractivity contribution >= 4 is 11.9 Å². The number of amides is 1. The summed E-state index contributed by atoms with van der Waals surface area (Å²) in [6, 6.07) is 5.70. The molecule has 1 aliphatic heterocycles. The molecule has 138 valence electrons. The van der Waals surface area contributed by atoms with E-state index in [2.05, 4.69) is 0 Å². The summed E-state index contributed by atoms with van der Waals surface area (Å²) in [6.45, 7) is 3.45. The first-order chi connectivity index (χ1) is 12.1. The molecule has 2 rings (SSSR count). The van der Waals surface area contributed by atoms with Gasteiger partial charge in [0.1, 0.15) is 0 Å². The van der Waals surface area contributed by atoms with Crippen LogP contribution in [0.1, 0.15) is 31.7 Å². The number of rotatable bonds is 7. The predicted molar refractivity (Wildman–Crippen MR) is 93.8 cm³/mol. The van der Waals surface area contributed by atoms with Crippen molar-refractivity contribution in [2.45, 2.75) is 32.6 Å². The highest BCUT2D eigenvalue weighted by molar-refractivity contribution is 5.77. The Kier molecular flexibility index (Phi) is 7.10. The van der Waals surface area contributed by atoms with Crippen LogP contribution in [0.2, 0.25) is 0 Å². The topological polar surface area (TPSA) is 65.1 Å². The number of benzene rings is 1. The van der Waals surface area contributed by atoms with E-state index in [-0.39, 0.29) is 17.8 Å². The third-order valence-electron chi connectivity index (χ3n) is 4.54. The molecule has 25 heavy (non-hydrogen) atoms. The summed E-state index contributed by atoms with van der Waals surface area (Å²) in [7, 11) is 3.20. The van der Waals surface area contributed by atoms with Crippen molar-refractivity contribution in [2.75, 3.05) is 33.9 Å². The van der Waals surface area contributed by atoms with Gasteiger partial charge in [0.05, 0.1) is 26.7 Å². The molecule has 0 aromatic heterocycles. The van der Waals surface area contributed by atoms with Gasteiger partial charge in [-0.3, -0.25) is 9.59 Å². The molecular weight excluding hydrogens is 322 g/mol. The van der Waals surface area contributed by atoms with E-state index >= 15 is 0 Å². The highest BCUT2D eigenvalue weighted by Crippen LogP contribution is 2.28. The van der Waals surface area contributed by atoms with Gasteiger partial charge in [0.15, 0.2) is 11.5 Å². The highest BCUT2D eigenvalue weighted by Gasteiger charge is 2.27. The maximum absolute atomic E-state index is 12.4. The summed E-state index contributed by atoms with van der Waals surface area (Å²) < 4.78 is 15.6. The van der Waals surface area contributed by atoms with Crippen molar-refractivity contribution in [1.29, 1.82) is 0 Å². The van der Waals surface area contributed by atoms with Gasteiger partial charge in [0.2, 0.25) is 5.91 Å². The normalized spacial score (nSPS) is 14.9. The monoisotopic (exact) mass is 349 g/mol. The lowest BCUT2D eigenvalue weighted by atomic mass is 9.96. The lowest BCUT2D eigenvalue weighted by molar-refractivity contribution is -0.151. The van der Waals surface area contributed by atoms with Crippen LogP contribution in [0.25, 0.3) is 0 Å². The quantitative estimate of drug-likeness (QED) is 0.708. The van der Waals surface area contributed by atoms with Gasteiger partial charge in [-0.15, -0.1) is 0 Å². The lowest BCUT2D eigenvalue weighted by Gasteiger charge is -2.31. The van der Waals surface area contributed by atoms with Crippen molar-refractivity contribution in [3.05, 3.63) is 23.8 Å². The van der Waals surface area contributed by atoms with Crippen LogP contribution >= 0.6 is 0 Å². The maximum Gasteiger partial charge on any atom is 0.309 e. The number of hydrogen-bond acceptors (Lipinski definition) is 5. The Labute approximate surface area is 149 Å². The molecule has 6 heteroatoms. The van der Waals surface area contributed by atoms with E-state index in [4.69, 9.17) is 14.2 Å². The zero-order valence-corrected chi connectivity index (χ0v) is 15.2. The summed E-state index contributed by atoms with van der Waals surface area (Å²) in [6.07, 6.45) is 2.46. The zero-order chi connectivity index (χ0) is 18.2. The van der Waals surface area contributed by atoms with E-state index in [1.165, 1.54) is 0 Å². The first-order valence-corrected chi connectivity index (χ1v) is 8.74. The number of aryl methyl sites for hydroxylation is 1. The molecule has 1 aromatic carbocycles. The van der Waals surface area contributed by atoms with E-state index in [1.54, 1.807) is 14.2 Å². The van der Waals surface area contributed by atoms with Crippen LogP contribution < -0.4 is 9.47 Å². The van der Waals surface area contributed by atoms with Crippen molar-refractivity contribution in [1.82, 2.24) is 4.90 Å². The summed E-state index contributed by atoms with van der Waals surface area (Å²) in [5.41, 5.74) is 1.03. The van der Waals surface area contributed by atoms with Crippen LogP contribution in [-0.2, 0) is 20.7 Å². The fourth-order valence-corrected chi connectivity index (χ4v) is 3.07. The minimum atomic E-state index is -0.139. The minimum absolute atomic E-state index is 0.0742. The Morgan fingerprint density at radius 2 is 1.80 bits per heavy atom. The van der Waals surface area contributed by atoms with Crippen LogP contribution in [0, 0.1) is 5.92 Å². The standard InChI is InChI=1S/C19H27NO5/c1-4-25-19(22)15-9-11-20(12-10-15)18(21)8-6-14-5-7-16(23-2)17(13-14)24-3/h5,7,13,15H,4,6,8-12H2,1-3H3. The number of likely N-dealkylation sites (tertiary alicyclic amines) is 1. The molecule has 6 nitrogen and oxygen atoms in total. The number of methoxy groups -OCH3 is 2. The van der Waals surface area contributed by atoms with E-state index < -0.39 is 0 Å². The molecule has 1 heterocycles. The van der Waals surface area contributed by atoms with E-state index in [1.807, 2.05) is 30.0 Å². The maximum atomic E-state index is 12.4. The van der Waals surface area contributed by atoms with Crippen molar-refractivity contribution in [3.63, 3.8) is 0 Å². The largest absolute Gasteiger partial charge is 0.493 e. The molecule has 0 bridgehead atoms. The van der Waals surface area contributed by atoms with Crippen LogP contribution in [-0.4, -0.2) is 50.7 Å². The number of carbonyl (C=O) groups excluding carboxylic acids is 2. The molecule has 0 radical (unpaired) electrons. The molecule has 0 unspecified atom stereocenters. The molecule has 1 fully saturated rings. The molecule has 0 spiro atoms. The molecule has 0 N–H and O–H groups in total. The van der Waals surface area contributed by atoms with Gasteiger partial charge >= 0.3 is 5.97 Å². The van der Waals surface area contributed by atoms with Crippen molar-refractivity contribution in [3.8, 4) is 11.5 Å². The van der Waals surface area contributed by atoms with Gasteiger partial charge in [-0.1, -0.05) is 6.07 Å². The summed E-state index contributed by atoms with van der Waals surface area (Å²) in [5, 5.41) is 0.